The molecule has 1 unspecified atom stereocenters. The molecule has 0 saturated heterocycles. The monoisotopic (exact) mass is 294 g/mol. The fourth-order valence-electron chi connectivity index (χ4n) is 2.07. The number of aromatic nitrogens is 2. The van der Waals surface area contributed by atoms with Crippen molar-refractivity contribution in [1.29, 1.82) is 0 Å². The van der Waals surface area contributed by atoms with Crippen molar-refractivity contribution < 1.29 is 8.42 Å². The minimum atomic E-state index is -3.66. The third-order valence-electron chi connectivity index (χ3n) is 3.05. The van der Waals surface area contributed by atoms with Gasteiger partial charge >= 0.3 is 0 Å². The van der Waals surface area contributed by atoms with Gasteiger partial charge in [0.1, 0.15) is 4.90 Å². The number of hydrogen-bond donors (Lipinski definition) is 3. The van der Waals surface area contributed by atoms with Gasteiger partial charge < -0.3 is 5.73 Å². The van der Waals surface area contributed by atoms with Gasteiger partial charge in [-0.2, -0.15) is 5.10 Å². The van der Waals surface area contributed by atoms with Crippen molar-refractivity contribution in [2.75, 3.05) is 0 Å². The summed E-state index contributed by atoms with van der Waals surface area (Å²) in [5.74, 6) is 0. The van der Waals surface area contributed by atoms with E-state index in [9.17, 15) is 8.42 Å². The molecule has 0 radical (unpaired) electrons. The highest BCUT2D eigenvalue weighted by molar-refractivity contribution is 7.89. The largest absolute Gasteiger partial charge is 0.325 e. The number of H-pyrrole nitrogens is 1. The van der Waals surface area contributed by atoms with Crippen molar-refractivity contribution in [3.05, 3.63) is 47.3 Å². The first-order valence-corrected chi connectivity index (χ1v) is 7.75. The average Bonchev–Trinajstić information content (AvgIpc) is 2.81. The van der Waals surface area contributed by atoms with Crippen LogP contribution in [0.1, 0.15) is 29.9 Å². The van der Waals surface area contributed by atoms with E-state index in [0.29, 0.717) is 11.4 Å². The fraction of sp³-hybridized carbons (Fsp3) is 0.308. The van der Waals surface area contributed by atoms with E-state index in [4.69, 9.17) is 5.73 Å². The van der Waals surface area contributed by atoms with Gasteiger partial charge in [-0.25, -0.2) is 13.1 Å². The van der Waals surface area contributed by atoms with Gasteiger partial charge in [-0.05, 0) is 19.4 Å². The summed E-state index contributed by atoms with van der Waals surface area (Å²) < 4.78 is 27.5. The number of sulfonamides is 1. The van der Waals surface area contributed by atoms with Gasteiger partial charge in [-0.1, -0.05) is 30.3 Å². The van der Waals surface area contributed by atoms with Crippen molar-refractivity contribution in [3.8, 4) is 0 Å². The maximum atomic E-state index is 12.5. The number of nitrogens with one attached hydrogen (secondary N) is 2. The van der Waals surface area contributed by atoms with E-state index in [1.54, 1.807) is 13.8 Å². The van der Waals surface area contributed by atoms with Crippen LogP contribution in [0.4, 0.5) is 0 Å². The van der Waals surface area contributed by atoms with Crippen LogP contribution in [0.3, 0.4) is 0 Å². The van der Waals surface area contributed by atoms with Crippen molar-refractivity contribution in [3.63, 3.8) is 0 Å². The lowest BCUT2D eigenvalue weighted by atomic mass is 10.1. The smallest absolute Gasteiger partial charge is 0.244 e. The van der Waals surface area contributed by atoms with Gasteiger partial charge in [0, 0.05) is 12.6 Å². The standard InChI is InChI=1S/C13H18N4O2S/c1-9(11-6-4-3-5-7-11)17-20(18,19)13-10(2)15-16-12(13)8-14/h3-7,9,17H,8,14H2,1-2H3,(H,15,16). The van der Waals surface area contributed by atoms with Crippen LogP contribution in [0.5, 0.6) is 0 Å². The topological polar surface area (TPSA) is 101 Å². The van der Waals surface area contributed by atoms with Crippen LogP contribution >= 0.6 is 0 Å². The summed E-state index contributed by atoms with van der Waals surface area (Å²) in [5.41, 5.74) is 7.25. The van der Waals surface area contributed by atoms with E-state index in [-0.39, 0.29) is 17.5 Å². The molecular weight excluding hydrogens is 276 g/mol. The number of nitrogens with zero attached hydrogens (tertiary/aromatic N) is 1. The Balaban J connectivity index is 2.30. The Labute approximate surface area is 118 Å². The fourth-order valence-corrected chi connectivity index (χ4v) is 3.67. The molecule has 0 fully saturated rings. The Kier molecular flexibility index (Phi) is 4.22. The Hall–Kier alpha value is -1.70. The lowest BCUT2D eigenvalue weighted by molar-refractivity contribution is 0.565. The van der Waals surface area contributed by atoms with Crippen molar-refractivity contribution in [2.24, 2.45) is 5.73 Å². The Morgan fingerprint density at radius 3 is 2.60 bits per heavy atom. The Morgan fingerprint density at radius 1 is 1.35 bits per heavy atom. The van der Waals surface area contributed by atoms with E-state index in [1.807, 2.05) is 30.3 Å². The molecule has 1 aromatic carbocycles. The van der Waals surface area contributed by atoms with Crippen molar-refractivity contribution in [2.45, 2.75) is 31.3 Å². The number of aromatic amines is 1. The summed E-state index contributed by atoms with van der Waals surface area (Å²) in [5, 5.41) is 6.57. The summed E-state index contributed by atoms with van der Waals surface area (Å²) in [7, 11) is -3.66. The van der Waals surface area contributed by atoms with Gasteiger partial charge in [0.05, 0.1) is 11.4 Å². The molecule has 6 nitrogen and oxygen atoms in total. The summed E-state index contributed by atoms with van der Waals surface area (Å²) >= 11 is 0. The highest BCUT2D eigenvalue weighted by Crippen LogP contribution is 2.20. The number of hydrogen-bond acceptors (Lipinski definition) is 4. The van der Waals surface area contributed by atoms with Crippen LogP contribution in [0.2, 0.25) is 0 Å². The Bertz CT molecular complexity index is 680. The summed E-state index contributed by atoms with van der Waals surface area (Å²) in [4.78, 5) is 0.141. The summed E-state index contributed by atoms with van der Waals surface area (Å²) in [6, 6.07) is 9.04. The normalized spacial score (nSPS) is 13.3. The van der Waals surface area contributed by atoms with Crippen molar-refractivity contribution in [1.82, 2.24) is 14.9 Å². The highest BCUT2D eigenvalue weighted by atomic mass is 32.2. The van der Waals surface area contributed by atoms with E-state index in [2.05, 4.69) is 14.9 Å². The zero-order valence-corrected chi connectivity index (χ0v) is 12.2. The second kappa shape index (κ2) is 5.74. The molecule has 0 aliphatic carbocycles. The molecular formula is C13H18N4O2S. The van der Waals surface area contributed by atoms with Gasteiger partial charge in [-0.3, -0.25) is 5.10 Å². The second-order valence-corrected chi connectivity index (χ2v) is 6.23. The van der Waals surface area contributed by atoms with Gasteiger partial charge in [0.2, 0.25) is 10.0 Å². The molecule has 0 aliphatic heterocycles. The molecule has 1 atom stereocenters. The predicted molar refractivity (Wildman–Crippen MR) is 76.4 cm³/mol. The minimum Gasteiger partial charge on any atom is -0.325 e. The SMILES string of the molecule is Cc1[nH]nc(CN)c1S(=O)(=O)NC(C)c1ccccc1. The van der Waals surface area contributed by atoms with Crippen LogP contribution in [0.15, 0.2) is 35.2 Å². The van der Waals surface area contributed by atoms with E-state index in [0.717, 1.165) is 5.56 Å². The van der Waals surface area contributed by atoms with Gasteiger partial charge in [0.25, 0.3) is 0 Å². The van der Waals surface area contributed by atoms with E-state index < -0.39 is 10.0 Å². The molecule has 7 heteroatoms. The molecule has 1 aromatic heterocycles. The molecule has 0 aliphatic rings. The second-order valence-electron chi connectivity index (χ2n) is 4.58. The van der Waals surface area contributed by atoms with Gasteiger partial charge in [0.15, 0.2) is 0 Å². The van der Waals surface area contributed by atoms with Crippen LogP contribution in [-0.2, 0) is 16.6 Å². The van der Waals surface area contributed by atoms with Gasteiger partial charge in [-0.15, -0.1) is 0 Å². The summed E-state index contributed by atoms with van der Waals surface area (Å²) in [6.07, 6.45) is 0. The third kappa shape index (κ3) is 2.90. The third-order valence-corrected chi connectivity index (χ3v) is 4.80. The first-order valence-electron chi connectivity index (χ1n) is 6.27. The average molecular weight is 294 g/mol. The molecule has 2 aromatic rings. The number of benzene rings is 1. The maximum Gasteiger partial charge on any atom is 0.244 e. The number of nitrogens with two attached hydrogens (primary N) is 1. The number of aryl methyl sites for hydroxylation is 1. The lowest BCUT2D eigenvalue weighted by Gasteiger charge is -2.15. The molecule has 4 N–H and O–H groups in total. The first-order chi connectivity index (χ1) is 9.45. The molecule has 0 amide bonds. The molecule has 1 heterocycles. The highest BCUT2D eigenvalue weighted by Gasteiger charge is 2.25. The zero-order valence-electron chi connectivity index (χ0n) is 11.4. The molecule has 108 valence electrons. The molecule has 0 spiro atoms. The van der Waals surface area contributed by atoms with Crippen molar-refractivity contribution >= 4 is 10.0 Å². The predicted octanol–water partition coefficient (Wildman–Crippen LogP) is 1.22. The minimum absolute atomic E-state index is 0.0697. The van der Waals surface area contributed by atoms with Crippen LogP contribution in [0, 0.1) is 6.92 Å². The molecule has 20 heavy (non-hydrogen) atoms. The van der Waals surface area contributed by atoms with E-state index >= 15 is 0 Å². The van der Waals surface area contributed by atoms with Crippen LogP contribution < -0.4 is 10.5 Å². The van der Waals surface area contributed by atoms with Crippen LogP contribution in [-0.4, -0.2) is 18.6 Å². The molecule has 0 bridgehead atoms. The summed E-state index contributed by atoms with van der Waals surface area (Å²) in [6.45, 7) is 3.53. The van der Waals surface area contributed by atoms with Crippen LogP contribution in [0.25, 0.3) is 0 Å². The zero-order chi connectivity index (χ0) is 14.8. The Morgan fingerprint density at radius 2 is 2.00 bits per heavy atom. The molecule has 0 saturated carbocycles. The molecule has 2 rings (SSSR count). The van der Waals surface area contributed by atoms with E-state index in [1.165, 1.54) is 0 Å². The number of rotatable bonds is 5. The maximum absolute atomic E-state index is 12.5. The first kappa shape index (κ1) is 14.7. The quantitative estimate of drug-likeness (QED) is 0.771. The lowest BCUT2D eigenvalue weighted by Crippen LogP contribution is -2.28.